The summed E-state index contributed by atoms with van der Waals surface area (Å²) in [5, 5.41) is 5.68. The summed E-state index contributed by atoms with van der Waals surface area (Å²) >= 11 is 0. The summed E-state index contributed by atoms with van der Waals surface area (Å²) in [6.45, 7) is 6.59. The Labute approximate surface area is 144 Å². The van der Waals surface area contributed by atoms with Crippen LogP contribution >= 0.6 is 0 Å². The summed E-state index contributed by atoms with van der Waals surface area (Å²) in [5.41, 5.74) is 1.63. The number of nitrogens with one attached hydrogen (secondary N) is 2. The summed E-state index contributed by atoms with van der Waals surface area (Å²) in [6, 6.07) is 7.23. The zero-order chi connectivity index (χ0) is 18.1. The summed E-state index contributed by atoms with van der Waals surface area (Å²) in [5.74, 6) is 0.243. The zero-order valence-corrected chi connectivity index (χ0v) is 15.3. The molecule has 0 aliphatic rings. The number of carbonyl (C=O) groups excluding carboxylic acids is 2. The Balaban J connectivity index is 2.60. The van der Waals surface area contributed by atoms with Crippen LogP contribution in [0.4, 0.5) is 10.5 Å². The van der Waals surface area contributed by atoms with Crippen molar-refractivity contribution in [1.82, 2.24) is 10.6 Å². The normalized spacial score (nSPS) is 11.8. The van der Waals surface area contributed by atoms with Gasteiger partial charge < -0.3 is 20.3 Å². The van der Waals surface area contributed by atoms with Crippen LogP contribution in [0.1, 0.15) is 37.6 Å². The van der Waals surface area contributed by atoms with E-state index >= 15 is 0 Å². The first kappa shape index (κ1) is 19.8. The fraction of sp³-hybridized carbons (Fsp3) is 0.556. The quantitative estimate of drug-likeness (QED) is 0.766. The average molecular weight is 335 g/mol. The molecule has 1 aromatic carbocycles. The van der Waals surface area contributed by atoms with E-state index in [1.54, 1.807) is 19.1 Å². The number of benzene rings is 1. The Morgan fingerprint density at radius 3 is 2.29 bits per heavy atom. The van der Waals surface area contributed by atoms with Gasteiger partial charge in [-0.15, -0.1) is 0 Å². The van der Waals surface area contributed by atoms with Gasteiger partial charge in [0.15, 0.2) is 0 Å². The highest BCUT2D eigenvalue weighted by Gasteiger charge is 2.16. The zero-order valence-electron chi connectivity index (χ0n) is 15.3. The van der Waals surface area contributed by atoms with E-state index in [2.05, 4.69) is 24.5 Å². The third-order valence-corrected chi connectivity index (χ3v) is 3.51. The molecule has 0 spiro atoms. The molecule has 2 N–H and O–H groups in total. The molecule has 1 rings (SSSR count). The monoisotopic (exact) mass is 335 g/mol. The van der Waals surface area contributed by atoms with Gasteiger partial charge in [-0.2, -0.15) is 0 Å². The van der Waals surface area contributed by atoms with E-state index in [1.807, 2.05) is 31.1 Å². The van der Waals surface area contributed by atoms with Crippen LogP contribution in [0.15, 0.2) is 24.3 Å². The smallest absolute Gasteiger partial charge is 0.407 e. The maximum Gasteiger partial charge on any atom is 0.407 e. The maximum absolute atomic E-state index is 12.3. The molecular weight excluding hydrogens is 306 g/mol. The molecule has 0 aliphatic heterocycles. The molecule has 0 aliphatic carbocycles. The fourth-order valence-corrected chi connectivity index (χ4v) is 2.33. The lowest BCUT2D eigenvalue weighted by molar-refractivity contribution is 0.0944. The van der Waals surface area contributed by atoms with E-state index in [0.717, 1.165) is 12.1 Å². The van der Waals surface area contributed by atoms with Crippen molar-refractivity contribution in [1.29, 1.82) is 0 Å². The number of hydrogen-bond donors (Lipinski definition) is 2. The van der Waals surface area contributed by atoms with Crippen LogP contribution in [-0.2, 0) is 4.74 Å². The van der Waals surface area contributed by atoms with E-state index < -0.39 is 6.09 Å². The molecule has 1 atom stereocenters. The summed E-state index contributed by atoms with van der Waals surface area (Å²) in [4.78, 5) is 25.8. The van der Waals surface area contributed by atoms with Gasteiger partial charge in [-0.1, -0.05) is 13.8 Å². The summed E-state index contributed by atoms with van der Waals surface area (Å²) < 4.78 is 4.91. The Hall–Kier alpha value is -2.24. The van der Waals surface area contributed by atoms with Crippen LogP contribution in [0.25, 0.3) is 0 Å². The van der Waals surface area contributed by atoms with Crippen molar-refractivity contribution < 1.29 is 14.3 Å². The van der Waals surface area contributed by atoms with Crippen molar-refractivity contribution in [2.45, 2.75) is 33.2 Å². The number of nitrogens with zero attached hydrogens (tertiary/aromatic N) is 1. The second kappa shape index (κ2) is 9.80. The van der Waals surface area contributed by atoms with Crippen LogP contribution in [0, 0.1) is 5.92 Å². The molecule has 1 unspecified atom stereocenters. The minimum atomic E-state index is -0.451. The van der Waals surface area contributed by atoms with Crippen LogP contribution in [0.3, 0.4) is 0 Å². The Morgan fingerprint density at radius 1 is 1.17 bits per heavy atom. The molecule has 134 valence electrons. The largest absolute Gasteiger partial charge is 0.450 e. The number of carbonyl (C=O) groups is 2. The van der Waals surface area contributed by atoms with Gasteiger partial charge in [-0.25, -0.2) is 4.79 Å². The van der Waals surface area contributed by atoms with Crippen LogP contribution in [-0.4, -0.2) is 45.3 Å². The maximum atomic E-state index is 12.3. The standard InChI is InChI=1S/C18H29N3O3/c1-6-24-18(23)20-15(11-13(2)3)12-19-17(22)14-7-9-16(10-8-14)21(4)5/h7-10,13,15H,6,11-12H2,1-5H3,(H,19,22)(H,20,23). The second-order valence-corrected chi connectivity index (χ2v) is 6.34. The number of amides is 2. The molecule has 6 nitrogen and oxygen atoms in total. The Morgan fingerprint density at radius 2 is 1.79 bits per heavy atom. The van der Waals surface area contributed by atoms with Gasteiger partial charge in [0.1, 0.15) is 0 Å². The first-order chi connectivity index (χ1) is 11.3. The molecule has 0 aromatic heterocycles. The molecule has 0 fully saturated rings. The molecular formula is C18H29N3O3. The number of rotatable bonds is 8. The molecule has 2 amide bonds. The molecule has 0 radical (unpaired) electrons. The van der Waals surface area contributed by atoms with Crippen LogP contribution < -0.4 is 15.5 Å². The van der Waals surface area contributed by atoms with Crippen LogP contribution in [0.2, 0.25) is 0 Å². The van der Waals surface area contributed by atoms with Gasteiger partial charge in [-0.05, 0) is 43.5 Å². The Kier molecular flexibility index (Phi) is 8.09. The average Bonchev–Trinajstić information content (AvgIpc) is 2.52. The van der Waals surface area contributed by atoms with Gasteiger partial charge in [0.05, 0.1) is 6.61 Å². The SMILES string of the molecule is CCOC(=O)NC(CNC(=O)c1ccc(N(C)C)cc1)CC(C)C. The van der Waals surface area contributed by atoms with Crippen molar-refractivity contribution in [3.8, 4) is 0 Å². The molecule has 0 heterocycles. The van der Waals surface area contributed by atoms with Gasteiger partial charge in [0.2, 0.25) is 0 Å². The third-order valence-electron chi connectivity index (χ3n) is 3.51. The third kappa shape index (κ3) is 6.89. The minimum Gasteiger partial charge on any atom is -0.450 e. The molecule has 0 saturated heterocycles. The molecule has 6 heteroatoms. The molecule has 1 aromatic rings. The second-order valence-electron chi connectivity index (χ2n) is 6.34. The first-order valence-corrected chi connectivity index (χ1v) is 8.32. The van der Waals surface area contributed by atoms with E-state index in [-0.39, 0.29) is 11.9 Å². The van der Waals surface area contributed by atoms with Gasteiger partial charge in [0, 0.05) is 37.9 Å². The number of hydrogen-bond acceptors (Lipinski definition) is 4. The number of alkyl carbamates (subject to hydrolysis) is 1. The van der Waals surface area contributed by atoms with E-state index in [1.165, 1.54) is 0 Å². The molecule has 0 bridgehead atoms. The van der Waals surface area contributed by atoms with E-state index in [4.69, 9.17) is 4.74 Å². The Bertz CT molecular complexity index is 527. The lowest BCUT2D eigenvalue weighted by Gasteiger charge is -2.21. The van der Waals surface area contributed by atoms with Crippen molar-refractivity contribution in [3.05, 3.63) is 29.8 Å². The fourth-order valence-electron chi connectivity index (χ4n) is 2.33. The predicted molar refractivity (Wildman–Crippen MR) is 96.5 cm³/mol. The first-order valence-electron chi connectivity index (χ1n) is 8.32. The summed E-state index contributed by atoms with van der Waals surface area (Å²) in [7, 11) is 3.90. The predicted octanol–water partition coefficient (Wildman–Crippen LogP) is 2.64. The number of ether oxygens (including phenoxy) is 1. The van der Waals surface area contributed by atoms with Gasteiger partial charge >= 0.3 is 6.09 Å². The molecule has 24 heavy (non-hydrogen) atoms. The van der Waals surface area contributed by atoms with Crippen LogP contribution in [0.5, 0.6) is 0 Å². The van der Waals surface area contributed by atoms with Crippen molar-refractivity contribution in [3.63, 3.8) is 0 Å². The van der Waals surface area contributed by atoms with E-state index in [0.29, 0.717) is 24.6 Å². The highest BCUT2D eigenvalue weighted by atomic mass is 16.5. The van der Waals surface area contributed by atoms with E-state index in [9.17, 15) is 9.59 Å². The highest BCUT2D eigenvalue weighted by molar-refractivity contribution is 5.94. The van der Waals surface area contributed by atoms with Gasteiger partial charge in [0.25, 0.3) is 5.91 Å². The molecule has 0 saturated carbocycles. The highest BCUT2D eigenvalue weighted by Crippen LogP contribution is 2.12. The minimum absolute atomic E-state index is 0.153. The lowest BCUT2D eigenvalue weighted by Crippen LogP contribution is -2.44. The van der Waals surface area contributed by atoms with Crippen molar-refractivity contribution >= 4 is 17.7 Å². The topological polar surface area (TPSA) is 70.7 Å². The van der Waals surface area contributed by atoms with Crippen molar-refractivity contribution in [2.75, 3.05) is 32.1 Å². The number of anilines is 1. The lowest BCUT2D eigenvalue weighted by atomic mass is 10.0. The van der Waals surface area contributed by atoms with Crippen molar-refractivity contribution in [2.24, 2.45) is 5.92 Å². The summed E-state index contributed by atoms with van der Waals surface area (Å²) in [6.07, 6.45) is 0.311. The van der Waals surface area contributed by atoms with Gasteiger partial charge in [-0.3, -0.25) is 4.79 Å².